The van der Waals surface area contributed by atoms with Crippen LogP contribution in [0.5, 0.6) is 0 Å². The molecule has 1 heterocycles. The van der Waals surface area contributed by atoms with Gasteiger partial charge in [-0.15, -0.1) is 0 Å². The third-order valence-corrected chi connectivity index (χ3v) is 5.85. The Balaban J connectivity index is 0.000000452. The molecule has 0 aromatic heterocycles. The minimum absolute atomic E-state index is 0.240. The van der Waals surface area contributed by atoms with Gasteiger partial charge in [-0.1, -0.05) is 27.2 Å². The monoisotopic (exact) mass is 282 g/mol. The molecule has 3 rings (SSSR count). The van der Waals surface area contributed by atoms with E-state index >= 15 is 0 Å². The van der Waals surface area contributed by atoms with E-state index in [2.05, 4.69) is 20.8 Å². The van der Waals surface area contributed by atoms with Crippen LogP contribution in [-0.4, -0.2) is 25.2 Å². The van der Waals surface area contributed by atoms with Crippen molar-refractivity contribution in [3.63, 3.8) is 0 Å². The van der Waals surface area contributed by atoms with Crippen molar-refractivity contribution in [1.82, 2.24) is 0 Å². The lowest BCUT2D eigenvalue weighted by Crippen LogP contribution is -2.59. The highest BCUT2D eigenvalue weighted by Gasteiger charge is 2.62. The van der Waals surface area contributed by atoms with Crippen molar-refractivity contribution in [2.45, 2.75) is 65.1 Å². The van der Waals surface area contributed by atoms with Gasteiger partial charge in [-0.25, -0.2) is 0 Å². The van der Waals surface area contributed by atoms with Gasteiger partial charge >= 0.3 is 6.15 Å². The maximum atomic E-state index is 8.12. The fourth-order valence-corrected chi connectivity index (χ4v) is 5.04. The van der Waals surface area contributed by atoms with Crippen LogP contribution in [0, 0.1) is 16.7 Å². The quantitative estimate of drug-likeness (QED) is 0.685. The lowest BCUT2D eigenvalue weighted by molar-refractivity contribution is -0.290. The molecule has 20 heavy (non-hydrogen) atoms. The second-order valence-electron chi connectivity index (χ2n) is 7.24. The molecule has 2 saturated carbocycles. The van der Waals surface area contributed by atoms with Gasteiger partial charge in [0.1, 0.15) is 0 Å². The summed E-state index contributed by atoms with van der Waals surface area (Å²) in [6.45, 7) is 8.92. The number of ether oxygens (including phenoxy) is 2. The molecule has 1 saturated heterocycles. The van der Waals surface area contributed by atoms with Gasteiger partial charge in [-0.3, -0.25) is 0 Å². The van der Waals surface area contributed by atoms with Crippen molar-refractivity contribution in [2.75, 3.05) is 13.2 Å². The Morgan fingerprint density at radius 3 is 2.15 bits per heavy atom. The van der Waals surface area contributed by atoms with Crippen molar-refractivity contribution < 1.29 is 19.1 Å². The van der Waals surface area contributed by atoms with E-state index in [0.717, 1.165) is 25.6 Å². The highest BCUT2D eigenvalue weighted by Crippen LogP contribution is 2.63. The fourth-order valence-electron chi connectivity index (χ4n) is 5.04. The van der Waals surface area contributed by atoms with Crippen LogP contribution < -0.4 is 0 Å². The molecular weight excluding hydrogens is 256 g/mol. The summed E-state index contributed by atoms with van der Waals surface area (Å²) in [5.74, 6) is 0.517. The van der Waals surface area contributed by atoms with Crippen LogP contribution in [-0.2, 0) is 19.1 Å². The minimum Gasteiger partial charge on any atom is -0.347 e. The SMILES string of the molecule is CC1(C)CCC[C@]2(C)[C@@H]1CCCC21OCCO1.O=C=O. The summed E-state index contributed by atoms with van der Waals surface area (Å²) in [4.78, 5) is 16.2. The summed E-state index contributed by atoms with van der Waals surface area (Å²) in [5, 5.41) is 0. The van der Waals surface area contributed by atoms with Gasteiger partial charge in [-0.05, 0) is 37.0 Å². The van der Waals surface area contributed by atoms with Crippen molar-refractivity contribution >= 4 is 6.15 Å². The summed E-state index contributed by atoms with van der Waals surface area (Å²) in [7, 11) is 0. The second-order valence-corrected chi connectivity index (χ2v) is 7.24. The average Bonchev–Trinajstić information content (AvgIpc) is 2.83. The van der Waals surface area contributed by atoms with Crippen LogP contribution >= 0.6 is 0 Å². The largest absolute Gasteiger partial charge is 0.373 e. The van der Waals surface area contributed by atoms with E-state index in [9.17, 15) is 0 Å². The highest BCUT2D eigenvalue weighted by atomic mass is 16.7. The third kappa shape index (κ3) is 2.34. The van der Waals surface area contributed by atoms with E-state index in [1.54, 1.807) is 0 Å². The van der Waals surface area contributed by atoms with Gasteiger partial charge in [0, 0.05) is 11.8 Å². The van der Waals surface area contributed by atoms with Crippen molar-refractivity contribution in [3.05, 3.63) is 0 Å². The molecule has 0 aromatic rings. The summed E-state index contributed by atoms with van der Waals surface area (Å²) in [6.07, 6.45) is 7.95. The molecule has 2 aliphatic carbocycles. The van der Waals surface area contributed by atoms with Crippen LogP contribution in [0.15, 0.2) is 0 Å². The summed E-state index contributed by atoms with van der Waals surface area (Å²) < 4.78 is 12.2. The maximum absolute atomic E-state index is 8.12. The van der Waals surface area contributed by atoms with Crippen LogP contribution in [0.1, 0.15) is 59.3 Å². The van der Waals surface area contributed by atoms with E-state index < -0.39 is 0 Å². The Morgan fingerprint density at radius 2 is 1.55 bits per heavy atom. The first kappa shape index (κ1) is 15.7. The molecule has 3 fully saturated rings. The van der Waals surface area contributed by atoms with Crippen LogP contribution in [0.25, 0.3) is 0 Å². The standard InChI is InChI=1S/C15H26O2.CO2/c1-13(2)7-5-8-14(3)12(13)6-4-9-15(14)16-10-11-17-15;2-1-3/h12H,4-11H2,1-3H3;/t12-,14-;/m1./s1. The predicted molar refractivity (Wildman–Crippen MR) is 72.7 cm³/mol. The first-order valence-corrected chi connectivity index (χ1v) is 7.69. The molecule has 4 heteroatoms. The van der Waals surface area contributed by atoms with Gasteiger partial charge in [-0.2, -0.15) is 9.59 Å². The van der Waals surface area contributed by atoms with E-state index in [-0.39, 0.29) is 17.4 Å². The zero-order valence-electron chi connectivity index (χ0n) is 12.9. The van der Waals surface area contributed by atoms with Crippen molar-refractivity contribution in [3.8, 4) is 0 Å². The van der Waals surface area contributed by atoms with Crippen LogP contribution in [0.4, 0.5) is 0 Å². The fraction of sp³-hybridized carbons (Fsp3) is 0.938. The molecule has 4 nitrogen and oxygen atoms in total. The number of rotatable bonds is 0. The molecule has 3 aliphatic rings. The minimum atomic E-state index is -0.242. The third-order valence-electron chi connectivity index (χ3n) is 5.85. The normalized spacial score (nSPS) is 37.5. The molecule has 0 amide bonds. The zero-order chi connectivity index (χ0) is 14.9. The Hall–Kier alpha value is -0.700. The molecule has 0 bridgehead atoms. The Morgan fingerprint density at radius 1 is 0.950 bits per heavy atom. The van der Waals surface area contributed by atoms with E-state index in [0.29, 0.717) is 5.41 Å². The number of hydrogen-bond acceptors (Lipinski definition) is 4. The van der Waals surface area contributed by atoms with Crippen LogP contribution in [0.3, 0.4) is 0 Å². The first-order chi connectivity index (χ1) is 9.42. The number of hydrogen-bond donors (Lipinski definition) is 0. The summed E-state index contributed by atoms with van der Waals surface area (Å²) in [5.41, 5.74) is 0.694. The molecule has 114 valence electrons. The number of fused-ring (bicyclic) bond motifs is 2. The van der Waals surface area contributed by atoms with Gasteiger partial charge in [0.15, 0.2) is 5.79 Å². The van der Waals surface area contributed by atoms with E-state index in [4.69, 9.17) is 19.1 Å². The molecule has 2 atom stereocenters. The summed E-state index contributed by atoms with van der Waals surface area (Å²) >= 11 is 0. The molecular formula is C16H26O4. The summed E-state index contributed by atoms with van der Waals surface area (Å²) in [6, 6.07) is 0. The van der Waals surface area contributed by atoms with Gasteiger partial charge in [0.05, 0.1) is 13.2 Å². The van der Waals surface area contributed by atoms with Crippen molar-refractivity contribution in [2.24, 2.45) is 16.7 Å². The van der Waals surface area contributed by atoms with E-state index in [1.165, 1.54) is 32.1 Å². The Labute approximate surface area is 121 Å². The highest BCUT2D eigenvalue weighted by molar-refractivity contribution is 5.20. The first-order valence-electron chi connectivity index (χ1n) is 7.69. The smallest absolute Gasteiger partial charge is 0.347 e. The number of carbonyl (C=O) groups excluding carboxylic acids is 2. The lowest BCUT2D eigenvalue weighted by Gasteiger charge is -2.60. The van der Waals surface area contributed by atoms with Crippen molar-refractivity contribution in [1.29, 1.82) is 0 Å². The lowest BCUT2D eigenvalue weighted by atomic mass is 9.49. The molecule has 0 unspecified atom stereocenters. The molecule has 0 radical (unpaired) electrons. The van der Waals surface area contributed by atoms with Crippen LogP contribution in [0.2, 0.25) is 0 Å². The molecule has 0 aromatic carbocycles. The Bertz CT molecular complexity index is 378. The molecule has 0 N–H and O–H groups in total. The topological polar surface area (TPSA) is 52.6 Å². The van der Waals surface area contributed by atoms with Gasteiger partial charge in [0.2, 0.25) is 0 Å². The maximum Gasteiger partial charge on any atom is 0.373 e. The van der Waals surface area contributed by atoms with Gasteiger partial charge < -0.3 is 9.47 Å². The molecule has 1 aliphatic heterocycles. The zero-order valence-corrected chi connectivity index (χ0v) is 12.9. The second kappa shape index (κ2) is 5.59. The van der Waals surface area contributed by atoms with Gasteiger partial charge in [0.25, 0.3) is 0 Å². The van der Waals surface area contributed by atoms with E-state index in [1.807, 2.05) is 0 Å². The predicted octanol–water partition coefficient (Wildman–Crippen LogP) is 3.16. The molecule has 1 spiro atoms. The average molecular weight is 282 g/mol. The Kier molecular flexibility index (Phi) is 4.38.